The van der Waals surface area contributed by atoms with E-state index in [9.17, 15) is 4.79 Å². The van der Waals surface area contributed by atoms with Crippen molar-refractivity contribution in [3.8, 4) is 5.75 Å². The third-order valence-corrected chi connectivity index (χ3v) is 4.89. The van der Waals surface area contributed by atoms with E-state index in [2.05, 4.69) is 28.7 Å². The average Bonchev–Trinajstić information content (AvgIpc) is 2.68. The van der Waals surface area contributed by atoms with E-state index in [0.29, 0.717) is 10.8 Å². The normalized spacial score (nSPS) is 11.5. The zero-order valence-corrected chi connectivity index (χ0v) is 16.3. The molecule has 3 rings (SSSR count). The van der Waals surface area contributed by atoms with E-state index in [1.54, 1.807) is 0 Å². The van der Waals surface area contributed by atoms with Crippen LogP contribution in [0.2, 0.25) is 5.02 Å². The van der Waals surface area contributed by atoms with Gasteiger partial charge in [-0.05, 0) is 66.4 Å². The van der Waals surface area contributed by atoms with Crippen molar-refractivity contribution >= 4 is 34.0 Å². The Morgan fingerprint density at radius 2 is 1.70 bits per heavy atom. The molecule has 4 nitrogen and oxygen atoms in total. The smallest absolute Gasteiger partial charge is 0.277 e. The molecule has 0 aliphatic rings. The Bertz CT molecular complexity index is 1000. The van der Waals surface area contributed by atoms with E-state index >= 15 is 0 Å². The second-order valence-electron chi connectivity index (χ2n) is 6.45. The van der Waals surface area contributed by atoms with Gasteiger partial charge in [-0.1, -0.05) is 48.0 Å². The molecular weight excluding hydrogens is 360 g/mol. The summed E-state index contributed by atoms with van der Waals surface area (Å²) in [5.41, 5.74) is 6.05. The number of carbonyl (C=O) groups excluding carboxylic acids is 1. The zero-order chi connectivity index (χ0) is 19.4. The van der Waals surface area contributed by atoms with Crippen molar-refractivity contribution < 1.29 is 9.53 Å². The first-order valence-corrected chi connectivity index (χ1v) is 9.03. The largest absolute Gasteiger partial charge is 0.484 e. The lowest BCUT2D eigenvalue weighted by Gasteiger charge is -2.09. The van der Waals surface area contributed by atoms with Crippen LogP contribution in [0.15, 0.2) is 59.7 Å². The molecule has 0 unspecified atom stereocenters. The van der Waals surface area contributed by atoms with Crippen LogP contribution < -0.4 is 10.2 Å². The topological polar surface area (TPSA) is 50.7 Å². The van der Waals surface area contributed by atoms with Crippen LogP contribution in [0, 0.1) is 13.8 Å². The standard InChI is InChI=1S/C22H21ClN2O2/c1-14-10-20(11-15(2)22(14)23)27-13-21(26)25-24-16(3)18-9-8-17-6-4-5-7-19(17)12-18/h4-12H,13H2,1-3H3,(H,25,26). The second-order valence-corrected chi connectivity index (χ2v) is 6.83. The summed E-state index contributed by atoms with van der Waals surface area (Å²) >= 11 is 6.14. The van der Waals surface area contributed by atoms with Crippen LogP contribution in [-0.4, -0.2) is 18.2 Å². The van der Waals surface area contributed by atoms with Gasteiger partial charge >= 0.3 is 0 Å². The van der Waals surface area contributed by atoms with Crippen LogP contribution in [0.3, 0.4) is 0 Å². The van der Waals surface area contributed by atoms with Gasteiger partial charge in [0.2, 0.25) is 0 Å². The number of fused-ring (bicyclic) bond motifs is 1. The highest BCUT2D eigenvalue weighted by Gasteiger charge is 2.07. The van der Waals surface area contributed by atoms with Gasteiger partial charge in [-0.3, -0.25) is 4.79 Å². The Morgan fingerprint density at radius 3 is 2.41 bits per heavy atom. The fraction of sp³-hybridized carbons (Fsp3) is 0.182. The maximum absolute atomic E-state index is 12.0. The molecule has 0 atom stereocenters. The van der Waals surface area contributed by atoms with Crippen molar-refractivity contribution in [2.24, 2.45) is 5.10 Å². The van der Waals surface area contributed by atoms with Gasteiger partial charge in [-0.25, -0.2) is 5.43 Å². The number of nitrogens with one attached hydrogen (secondary N) is 1. The summed E-state index contributed by atoms with van der Waals surface area (Å²) in [5, 5.41) is 7.19. The van der Waals surface area contributed by atoms with Crippen molar-refractivity contribution in [1.29, 1.82) is 0 Å². The van der Waals surface area contributed by atoms with Crippen LogP contribution in [0.1, 0.15) is 23.6 Å². The van der Waals surface area contributed by atoms with Crippen molar-refractivity contribution in [3.05, 3.63) is 76.3 Å². The SMILES string of the molecule is CC(=NNC(=O)COc1cc(C)c(Cl)c(C)c1)c1ccc2ccccc2c1. The van der Waals surface area contributed by atoms with E-state index in [4.69, 9.17) is 16.3 Å². The first kappa shape index (κ1) is 18.9. The van der Waals surface area contributed by atoms with Gasteiger partial charge in [0, 0.05) is 5.02 Å². The molecule has 0 saturated carbocycles. The quantitative estimate of drug-likeness (QED) is 0.498. The Hall–Kier alpha value is -2.85. The molecule has 5 heteroatoms. The van der Waals surface area contributed by atoms with Crippen molar-refractivity contribution in [3.63, 3.8) is 0 Å². The molecule has 0 bridgehead atoms. The number of carbonyl (C=O) groups is 1. The number of benzene rings is 3. The molecule has 27 heavy (non-hydrogen) atoms. The molecule has 0 heterocycles. The van der Waals surface area contributed by atoms with Gasteiger partial charge < -0.3 is 4.74 Å². The van der Waals surface area contributed by atoms with Crippen molar-refractivity contribution in [1.82, 2.24) is 5.43 Å². The van der Waals surface area contributed by atoms with E-state index in [1.807, 2.05) is 57.2 Å². The number of nitrogens with zero attached hydrogens (tertiary/aromatic N) is 1. The van der Waals surface area contributed by atoms with Gasteiger partial charge in [-0.15, -0.1) is 0 Å². The van der Waals surface area contributed by atoms with Crippen molar-refractivity contribution in [2.75, 3.05) is 6.61 Å². The Balaban J connectivity index is 1.61. The maximum atomic E-state index is 12.0. The van der Waals surface area contributed by atoms with Gasteiger partial charge in [0.25, 0.3) is 5.91 Å². The fourth-order valence-electron chi connectivity index (χ4n) is 2.80. The second kappa shape index (κ2) is 8.23. The Labute approximate surface area is 163 Å². The molecule has 0 radical (unpaired) electrons. The lowest BCUT2D eigenvalue weighted by atomic mass is 10.0. The van der Waals surface area contributed by atoms with E-state index < -0.39 is 0 Å². The minimum absolute atomic E-state index is 0.116. The van der Waals surface area contributed by atoms with Crippen LogP contribution in [0.25, 0.3) is 10.8 Å². The minimum Gasteiger partial charge on any atom is -0.484 e. The highest BCUT2D eigenvalue weighted by molar-refractivity contribution is 6.32. The van der Waals surface area contributed by atoms with Crippen LogP contribution in [0.4, 0.5) is 0 Å². The predicted octanol–water partition coefficient (Wildman–Crippen LogP) is 5.03. The molecule has 0 aliphatic heterocycles. The summed E-state index contributed by atoms with van der Waals surface area (Å²) in [4.78, 5) is 12.0. The first-order chi connectivity index (χ1) is 12.9. The highest BCUT2D eigenvalue weighted by Crippen LogP contribution is 2.25. The highest BCUT2D eigenvalue weighted by atomic mass is 35.5. The summed E-state index contributed by atoms with van der Waals surface area (Å²) in [6.07, 6.45) is 0. The molecule has 3 aromatic carbocycles. The molecule has 3 aromatic rings. The number of hydrogen-bond donors (Lipinski definition) is 1. The molecular formula is C22H21ClN2O2. The summed E-state index contributed by atoms with van der Waals surface area (Å²) in [7, 11) is 0. The van der Waals surface area contributed by atoms with Gasteiger partial charge in [-0.2, -0.15) is 5.10 Å². The lowest BCUT2D eigenvalue weighted by molar-refractivity contribution is -0.123. The summed E-state index contributed by atoms with van der Waals surface area (Å²) < 4.78 is 5.54. The number of rotatable bonds is 5. The van der Waals surface area contributed by atoms with E-state index in [-0.39, 0.29) is 12.5 Å². The average molecular weight is 381 g/mol. The Kier molecular flexibility index (Phi) is 5.77. The molecule has 0 saturated heterocycles. The van der Waals surface area contributed by atoms with Gasteiger partial charge in [0.15, 0.2) is 6.61 Å². The van der Waals surface area contributed by atoms with Crippen molar-refractivity contribution in [2.45, 2.75) is 20.8 Å². The number of hydrogen-bond acceptors (Lipinski definition) is 3. The molecule has 1 N–H and O–H groups in total. The molecule has 0 fully saturated rings. The number of aryl methyl sites for hydroxylation is 2. The molecule has 0 aromatic heterocycles. The third kappa shape index (κ3) is 4.66. The summed E-state index contributed by atoms with van der Waals surface area (Å²) in [6.45, 7) is 5.55. The van der Waals surface area contributed by atoms with Crippen LogP contribution in [-0.2, 0) is 4.79 Å². The number of halogens is 1. The van der Waals surface area contributed by atoms with Crippen LogP contribution in [0.5, 0.6) is 5.75 Å². The lowest BCUT2D eigenvalue weighted by Crippen LogP contribution is -2.25. The first-order valence-electron chi connectivity index (χ1n) is 8.66. The summed E-state index contributed by atoms with van der Waals surface area (Å²) in [5.74, 6) is 0.292. The number of ether oxygens (including phenoxy) is 1. The monoisotopic (exact) mass is 380 g/mol. The van der Waals surface area contributed by atoms with Gasteiger partial charge in [0.1, 0.15) is 5.75 Å². The molecule has 1 amide bonds. The van der Waals surface area contributed by atoms with E-state index in [0.717, 1.165) is 27.8 Å². The fourth-order valence-corrected chi connectivity index (χ4v) is 2.90. The number of amides is 1. The summed E-state index contributed by atoms with van der Waals surface area (Å²) in [6, 6.07) is 17.8. The molecule has 0 aliphatic carbocycles. The minimum atomic E-state index is -0.319. The van der Waals surface area contributed by atoms with Crippen LogP contribution >= 0.6 is 11.6 Å². The predicted molar refractivity (Wildman–Crippen MR) is 111 cm³/mol. The third-order valence-electron chi connectivity index (χ3n) is 4.30. The maximum Gasteiger partial charge on any atom is 0.277 e. The molecule has 138 valence electrons. The van der Waals surface area contributed by atoms with E-state index in [1.165, 1.54) is 5.39 Å². The van der Waals surface area contributed by atoms with Gasteiger partial charge in [0.05, 0.1) is 5.71 Å². The molecule has 0 spiro atoms. The Morgan fingerprint density at radius 1 is 1.04 bits per heavy atom. The zero-order valence-electron chi connectivity index (χ0n) is 15.5. The number of hydrazone groups is 1.